The maximum atomic E-state index is 12.9. The molecule has 2 aromatic carbocycles. The van der Waals surface area contributed by atoms with Crippen molar-refractivity contribution in [3.8, 4) is 5.75 Å². The molecule has 0 radical (unpaired) electrons. The zero-order valence-corrected chi connectivity index (χ0v) is 18.3. The smallest absolute Gasteiger partial charge is 0.240 e. The van der Waals surface area contributed by atoms with E-state index in [0.29, 0.717) is 11.4 Å². The van der Waals surface area contributed by atoms with Gasteiger partial charge in [-0.25, -0.2) is 13.1 Å². The predicted octanol–water partition coefficient (Wildman–Crippen LogP) is 3.12. The molecule has 0 atom stereocenters. The highest BCUT2D eigenvalue weighted by Crippen LogP contribution is 2.27. The van der Waals surface area contributed by atoms with Crippen LogP contribution in [0.5, 0.6) is 5.75 Å². The van der Waals surface area contributed by atoms with Gasteiger partial charge in [0, 0.05) is 20.0 Å². The van der Waals surface area contributed by atoms with Gasteiger partial charge in [0.05, 0.1) is 17.7 Å². The Morgan fingerprint density at radius 2 is 1.77 bits per heavy atom. The molecule has 2 N–H and O–H groups in total. The number of rotatable bonds is 8. The lowest BCUT2D eigenvalue weighted by molar-refractivity contribution is -0.114. The highest BCUT2D eigenvalue weighted by atomic mass is 32.2. The van der Waals surface area contributed by atoms with Gasteiger partial charge in [0.2, 0.25) is 15.9 Å². The van der Waals surface area contributed by atoms with Gasteiger partial charge in [-0.2, -0.15) is 0 Å². The van der Waals surface area contributed by atoms with Crippen molar-refractivity contribution in [2.24, 2.45) is 0 Å². The lowest BCUT2D eigenvalue weighted by atomic mass is 10.1. The van der Waals surface area contributed by atoms with Crippen LogP contribution in [0, 0.1) is 0 Å². The number of piperidine rings is 1. The monoisotopic (exact) mass is 431 g/mol. The predicted molar refractivity (Wildman–Crippen MR) is 117 cm³/mol. The zero-order valence-electron chi connectivity index (χ0n) is 17.5. The number of sulfonamides is 1. The molecule has 0 aromatic heterocycles. The summed E-state index contributed by atoms with van der Waals surface area (Å²) in [5.74, 6) is 0.0958. The fourth-order valence-electron chi connectivity index (χ4n) is 3.64. The van der Waals surface area contributed by atoms with Crippen molar-refractivity contribution in [1.29, 1.82) is 0 Å². The van der Waals surface area contributed by atoms with Crippen LogP contribution >= 0.6 is 0 Å². The van der Waals surface area contributed by atoms with E-state index >= 15 is 0 Å². The molecule has 1 heterocycles. The van der Waals surface area contributed by atoms with Crippen molar-refractivity contribution in [1.82, 2.24) is 9.62 Å². The van der Waals surface area contributed by atoms with Crippen LogP contribution in [0.1, 0.15) is 37.3 Å². The zero-order chi connectivity index (χ0) is 21.6. The van der Waals surface area contributed by atoms with Crippen molar-refractivity contribution < 1.29 is 17.9 Å². The minimum absolute atomic E-state index is 0.0700. The molecular weight excluding hydrogens is 402 g/mol. The van der Waals surface area contributed by atoms with Gasteiger partial charge in [0.15, 0.2) is 0 Å². The van der Waals surface area contributed by atoms with E-state index in [1.807, 2.05) is 18.2 Å². The van der Waals surface area contributed by atoms with Gasteiger partial charge >= 0.3 is 0 Å². The van der Waals surface area contributed by atoms with Crippen molar-refractivity contribution in [3.05, 3.63) is 53.6 Å². The van der Waals surface area contributed by atoms with Gasteiger partial charge in [-0.1, -0.05) is 30.7 Å². The number of ether oxygens (including phenoxy) is 1. The fraction of sp³-hybridized carbons (Fsp3) is 0.409. The van der Waals surface area contributed by atoms with Gasteiger partial charge in [-0.15, -0.1) is 0 Å². The Morgan fingerprint density at radius 3 is 2.43 bits per heavy atom. The van der Waals surface area contributed by atoms with E-state index in [2.05, 4.69) is 21.0 Å². The van der Waals surface area contributed by atoms with Gasteiger partial charge < -0.3 is 10.1 Å². The van der Waals surface area contributed by atoms with Crippen LogP contribution in [0.25, 0.3) is 0 Å². The first-order valence-electron chi connectivity index (χ1n) is 10.1. The number of carbonyl (C=O) groups excluding carboxylic acids is 1. The Morgan fingerprint density at radius 1 is 1.07 bits per heavy atom. The Labute approximate surface area is 178 Å². The molecule has 162 valence electrons. The molecule has 8 heteroatoms. The fourth-order valence-corrected chi connectivity index (χ4v) is 4.67. The summed E-state index contributed by atoms with van der Waals surface area (Å²) in [4.78, 5) is 13.9. The molecule has 0 unspecified atom stereocenters. The Balaban J connectivity index is 1.74. The summed E-state index contributed by atoms with van der Waals surface area (Å²) in [6.07, 6.45) is 3.70. The molecule has 30 heavy (non-hydrogen) atoms. The lowest BCUT2D eigenvalue weighted by Gasteiger charge is -2.27. The Kier molecular flexibility index (Phi) is 7.47. The minimum Gasteiger partial charge on any atom is -0.495 e. The average molecular weight is 432 g/mol. The largest absolute Gasteiger partial charge is 0.495 e. The van der Waals surface area contributed by atoms with Crippen LogP contribution in [0.15, 0.2) is 47.4 Å². The molecule has 2 aromatic rings. The van der Waals surface area contributed by atoms with Crippen molar-refractivity contribution in [2.45, 2.75) is 44.2 Å². The number of nitrogens with one attached hydrogen (secondary N) is 2. The second-order valence-electron chi connectivity index (χ2n) is 7.47. The first-order chi connectivity index (χ1) is 14.4. The number of amides is 1. The second kappa shape index (κ2) is 10.1. The molecule has 3 rings (SSSR count). The summed E-state index contributed by atoms with van der Waals surface area (Å²) < 4.78 is 33.6. The number of hydrogen-bond acceptors (Lipinski definition) is 5. The van der Waals surface area contributed by atoms with E-state index in [-0.39, 0.29) is 17.3 Å². The quantitative estimate of drug-likeness (QED) is 0.671. The average Bonchev–Trinajstić information content (AvgIpc) is 2.73. The van der Waals surface area contributed by atoms with Gasteiger partial charge in [0.1, 0.15) is 5.75 Å². The standard InChI is InChI=1S/C22H29N3O4S/c1-17(26)24-21-14-20(10-11-22(21)29-2)30(27,28)23-15-18-8-4-5-9-19(18)16-25-12-6-3-7-13-25/h4-5,8-11,14,23H,3,6-7,12-13,15-16H2,1-2H3,(H,24,26). The van der Waals surface area contributed by atoms with Crippen molar-refractivity contribution in [3.63, 3.8) is 0 Å². The number of benzene rings is 2. The third kappa shape index (κ3) is 5.81. The summed E-state index contributed by atoms with van der Waals surface area (Å²) in [6, 6.07) is 12.3. The second-order valence-corrected chi connectivity index (χ2v) is 9.24. The number of nitrogens with zero attached hydrogens (tertiary/aromatic N) is 1. The molecule has 1 amide bonds. The van der Waals surface area contributed by atoms with Crippen LogP contribution in [0.3, 0.4) is 0 Å². The van der Waals surface area contributed by atoms with E-state index in [9.17, 15) is 13.2 Å². The highest BCUT2D eigenvalue weighted by molar-refractivity contribution is 7.89. The summed E-state index contributed by atoms with van der Waals surface area (Å²) in [5.41, 5.74) is 2.41. The van der Waals surface area contributed by atoms with E-state index in [4.69, 9.17) is 4.74 Å². The van der Waals surface area contributed by atoms with Crippen LogP contribution in [-0.4, -0.2) is 39.4 Å². The van der Waals surface area contributed by atoms with E-state index in [1.165, 1.54) is 51.5 Å². The van der Waals surface area contributed by atoms with Crippen LogP contribution in [-0.2, 0) is 27.9 Å². The maximum Gasteiger partial charge on any atom is 0.240 e. The molecule has 0 spiro atoms. The number of anilines is 1. The summed E-state index contributed by atoms with van der Waals surface area (Å²) in [6.45, 7) is 4.55. The molecule has 0 bridgehead atoms. The number of carbonyl (C=O) groups is 1. The molecular formula is C22H29N3O4S. The van der Waals surface area contributed by atoms with E-state index in [0.717, 1.165) is 30.8 Å². The molecule has 7 nitrogen and oxygen atoms in total. The third-order valence-corrected chi connectivity index (χ3v) is 6.60. The molecule has 0 aliphatic carbocycles. The number of methoxy groups -OCH3 is 1. The minimum atomic E-state index is -3.76. The molecule has 1 saturated heterocycles. The van der Waals surface area contributed by atoms with Gasteiger partial charge in [0.25, 0.3) is 0 Å². The summed E-state index contributed by atoms with van der Waals surface area (Å²) >= 11 is 0. The molecule has 1 aliphatic heterocycles. The number of hydrogen-bond donors (Lipinski definition) is 2. The normalized spacial score (nSPS) is 15.0. The number of likely N-dealkylation sites (tertiary alicyclic amines) is 1. The molecule has 1 fully saturated rings. The SMILES string of the molecule is COc1ccc(S(=O)(=O)NCc2ccccc2CN2CCCCC2)cc1NC(C)=O. The van der Waals surface area contributed by atoms with E-state index in [1.54, 1.807) is 0 Å². The first kappa shape index (κ1) is 22.3. The molecule has 1 aliphatic rings. The van der Waals surface area contributed by atoms with Crippen molar-refractivity contribution in [2.75, 3.05) is 25.5 Å². The van der Waals surface area contributed by atoms with Crippen LogP contribution < -0.4 is 14.8 Å². The summed E-state index contributed by atoms with van der Waals surface area (Å²) in [5, 5.41) is 2.60. The van der Waals surface area contributed by atoms with Gasteiger partial charge in [-0.05, 0) is 55.3 Å². The third-order valence-electron chi connectivity index (χ3n) is 5.21. The van der Waals surface area contributed by atoms with Crippen LogP contribution in [0.2, 0.25) is 0 Å². The topological polar surface area (TPSA) is 87.7 Å². The first-order valence-corrected chi connectivity index (χ1v) is 11.6. The van der Waals surface area contributed by atoms with E-state index < -0.39 is 10.0 Å². The summed E-state index contributed by atoms with van der Waals surface area (Å²) in [7, 11) is -2.30. The van der Waals surface area contributed by atoms with Crippen LogP contribution in [0.4, 0.5) is 5.69 Å². The van der Waals surface area contributed by atoms with Crippen molar-refractivity contribution >= 4 is 21.6 Å². The molecule has 0 saturated carbocycles. The Bertz CT molecular complexity index is 986. The lowest BCUT2D eigenvalue weighted by Crippen LogP contribution is -2.30. The Hall–Kier alpha value is -2.42. The van der Waals surface area contributed by atoms with Gasteiger partial charge in [-0.3, -0.25) is 9.69 Å². The highest BCUT2D eigenvalue weighted by Gasteiger charge is 2.18. The maximum absolute atomic E-state index is 12.9.